The predicted octanol–water partition coefficient (Wildman–Crippen LogP) is 3.35. The van der Waals surface area contributed by atoms with Gasteiger partial charge in [0.25, 0.3) is 0 Å². The van der Waals surface area contributed by atoms with Crippen LogP contribution >= 0.6 is 0 Å². The molecule has 0 heterocycles. The molecule has 1 amide bonds. The summed E-state index contributed by atoms with van der Waals surface area (Å²) in [6, 6.07) is 12.2. The Morgan fingerprint density at radius 3 is 2.36 bits per heavy atom. The van der Waals surface area contributed by atoms with Crippen LogP contribution in [0.5, 0.6) is 17.2 Å². The normalized spacial score (nSPS) is 11.8. The highest BCUT2D eigenvalue weighted by Crippen LogP contribution is 2.34. The minimum absolute atomic E-state index is 0.00797. The van der Waals surface area contributed by atoms with Gasteiger partial charge in [-0.25, -0.2) is 4.79 Å². The Morgan fingerprint density at radius 2 is 1.76 bits per heavy atom. The van der Waals surface area contributed by atoms with E-state index in [0.717, 1.165) is 11.1 Å². The molecule has 0 aliphatic carbocycles. The molecular formula is C24H33NO8. The summed E-state index contributed by atoms with van der Waals surface area (Å²) in [4.78, 5) is 13.6. The number of benzene rings is 2. The third-order valence-electron chi connectivity index (χ3n) is 5.19. The Hall–Kier alpha value is -3.01. The van der Waals surface area contributed by atoms with Gasteiger partial charge >= 0.3 is 6.09 Å². The van der Waals surface area contributed by atoms with Crippen LogP contribution in [0.1, 0.15) is 23.6 Å². The van der Waals surface area contributed by atoms with Crippen molar-refractivity contribution < 1.29 is 38.7 Å². The number of hydrogen-bond donors (Lipinski definition) is 2. The molecule has 9 nitrogen and oxygen atoms in total. The van der Waals surface area contributed by atoms with Crippen LogP contribution in [0, 0.1) is 0 Å². The minimum atomic E-state index is -1.11. The van der Waals surface area contributed by atoms with Gasteiger partial charge in [0.15, 0.2) is 17.8 Å². The molecule has 2 aromatic rings. The molecule has 0 aliphatic heterocycles. The van der Waals surface area contributed by atoms with E-state index in [1.165, 1.54) is 26.2 Å². The fourth-order valence-corrected chi connectivity index (χ4v) is 3.43. The van der Waals surface area contributed by atoms with Crippen LogP contribution in [-0.2, 0) is 15.9 Å². The second-order valence-corrected chi connectivity index (χ2v) is 7.24. The first-order valence-electron chi connectivity index (χ1n) is 10.6. The molecule has 2 N–H and O–H groups in total. The van der Waals surface area contributed by atoms with Gasteiger partial charge in [-0.05, 0) is 41.8 Å². The maximum Gasteiger partial charge on any atom is 0.407 e. The molecule has 0 aromatic heterocycles. The lowest BCUT2D eigenvalue weighted by molar-refractivity contribution is -0.116. The van der Waals surface area contributed by atoms with Crippen LogP contribution < -0.4 is 14.2 Å². The average Bonchev–Trinajstić information content (AvgIpc) is 2.84. The van der Waals surface area contributed by atoms with E-state index >= 15 is 0 Å². The van der Waals surface area contributed by atoms with Crippen molar-refractivity contribution in [2.45, 2.75) is 25.2 Å². The molecule has 182 valence electrons. The Balaban J connectivity index is 2.46. The topological polar surface area (TPSA) is 107 Å². The van der Waals surface area contributed by atoms with E-state index in [1.54, 1.807) is 19.2 Å². The molecule has 0 saturated carbocycles. The van der Waals surface area contributed by atoms with Crippen LogP contribution in [0.2, 0.25) is 0 Å². The van der Waals surface area contributed by atoms with E-state index in [0.29, 0.717) is 36.7 Å². The molecule has 0 aliphatic rings. The first kappa shape index (κ1) is 26.2. The molecule has 1 unspecified atom stereocenters. The van der Waals surface area contributed by atoms with Crippen LogP contribution in [-0.4, -0.2) is 75.7 Å². The van der Waals surface area contributed by atoms with E-state index in [-0.39, 0.29) is 13.2 Å². The quantitative estimate of drug-likeness (QED) is 0.325. The van der Waals surface area contributed by atoms with Gasteiger partial charge in [0, 0.05) is 27.2 Å². The standard InChI is InChI=1S/C24H33NO8/c1-29-19-8-5-7-17(13-19)14-20(25(24(27)28)16-23(31-3)32-4)18-9-10-21(22(15-18)30-2)33-12-6-11-26/h5,7-10,13,15,20,23,26H,6,11-12,14,16H2,1-4H3,(H,27,28). The Kier molecular flexibility index (Phi) is 10.8. The average molecular weight is 464 g/mol. The van der Waals surface area contributed by atoms with Crippen molar-refractivity contribution in [2.75, 3.05) is 48.2 Å². The molecule has 1 atom stereocenters. The Morgan fingerprint density at radius 1 is 1.00 bits per heavy atom. The van der Waals surface area contributed by atoms with Crippen molar-refractivity contribution in [2.24, 2.45) is 0 Å². The summed E-state index contributed by atoms with van der Waals surface area (Å²) in [6.07, 6.45) is -0.954. The van der Waals surface area contributed by atoms with Crippen molar-refractivity contribution in [3.05, 3.63) is 53.6 Å². The number of carbonyl (C=O) groups is 1. The summed E-state index contributed by atoms with van der Waals surface area (Å²) in [5.41, 5.74) is 1.62. The van der Waals surface area contributed by atoms with Crippen LogP contribution in [0.3, 0.4) is 0 Å². The number of methoxy groups -OCH3 is 4. The molecule has 0 saturated heterocycles. The molecule has 0 radical (unpaired) electrons. The van der Waals surface area contributed by atoms with Gasteiger partial charge in [-0.15, -0.1) is 0 Å². The largest absolute Gasteiger partial charge is 0.497 e. The molecular weight excluding hydrogens is 430 g/mol. The molecule has 0 fully saturated rings. The lowest BCUT2D eigenvalue weighted by Gasteiger charge is -2.32. The Labute approximate surface area is 194 Å². The molecule has 9 heteroatoms. The molecule has 0 spiro atoms. The number of aliphatic hydroxyl groups excluding tert-OH is 1. The summed E-state index contributed by atoms with van der Waals surface area (Å²) in [5.74, 6) is 1.68. The van der Waals surface area contributed by atoms with Crippen molar-refractivity contribution in [1.29, 1.82) is 0 Å². The van der Waals surface area contributed by atoms with Gasteiger partial charge in [0.2, 0.25) is 0 Å². The number of hydrogen-bond acceptors (Lipinski definition) is 7. The smallest absolute Gasteiger partial charge is 0.407 e. The second kappa shape index (κ2) is 13.5. The summed E-state index contributed by atoms with van der Waals surface area (Å²) >= 11 is 0. The monoisotopic (exact) mass is 463 g/mol. The molecule has 33 heavy (non-hydrogen) atoms. The van der Waals surface area contributed by atoms with E-state index < -0.39 is 18.4 Å². The van der Waals surface area contributed by atoms with E-state index in [2.05, 4.69) is 0 Å². The third-order valence-corrected chi connectivity index (χ3v) is 5.19. The summed E-state index contributed by atoms with van der Waals surface area (Å²) < 4.78 is 27.0. The SMILES string of the molecule is COc1cccc(CC(c2ccc(OCCCO)c(OC)c2)N(CC(OC)OC)C(=O)O)c1. The zero-order chi connectivity index (χ0) is 24.2. The number of aliphatic hydroxyl groups is 1. The third kappa shape index (κ3) is 7.52. The van der Waals surface area contributed by atoms with E-state index in [4.69, 9.17) is 28.8 Å². The van der Waals surface area contributed by atoms with Crippen LogP contribution in [0.4, 0.5) is 4.79 Å². The van der Waals surface area contributed by atoms with Gasteiger partial charge in [0.05, 0.1) is 33.4 Å². The van der Waals surface area contributed by atoms with Crippen LogP contribution in [0.25, 0.3) is 0 Å². The second-order valence-electron chi connectivity index (χ2n) is 7.24. The van der Waals surface area contributed by atoms with Gasteiger partial charge in [-0.2, -0.15) is 0 Å². The maximum absolute atomic E-state index is 12.3. The Bertz CT molecular complexity index is 871. The highest BCUT2D eigenvalue weighted by molar-refractivity contribution is 5.66. The number of carboxylic acid groups (broad SMARTS) is 1. The van der Waals surface area contributed by atoms with Gasteiger partial charge in [0.1, 0.15) is 5.75 Å². The first-order valence-corrected chi connectivity index (χ1v) is 10.6. The van der Waals surface area contributed by atoms with E-state index in [9.17, 15) is 9.90 Å². The van der Waals surface area contributed by atoms with Crippen molar-refractivity contribution >= 4 is 6.09 Å². The van der Waals surface area contributed by atoms with Crippen molar-refractivity contribution in [1.82, 2.24) is 4.90 Å². The van der Waals surface area contributed by atoms with Gasteiger partial charge in [-0.1, -0.05) is 18.2 Å². The summed E-state index contributed by atoms with van der Waals surface area (Å²) in [5, 5.41) is 19.0. The number of rotatable bonds is 14. The first-order chi connectivity index (χ1) is 16.0. The van der Waals surface area contributed by atoms with E-state index in [1.807, 2.05) is 30.3 Å². The summed E-state index contributed by atoms with van der Waals surface area (Å²) in [7, 11) is 6.04. The summed E-state index contributed by atoms with van der Waals surface area (Å²) in [6.45, 7) is 0.370. The van der Waals surface area contributed by atoms with Crippen molar-refractivity contribution in [3.8, 4) is 17.2 Å². The zero-order valence-electron chi connectivity index (χ0n) is 19.5. The van der Waals surface area contributed by atoms with Gasteiger partial charge < -0.3 is 33.9 Å². The lowest BCUT2D eigenvalue weighted by Crippen LogP contribution is -2.41. The number of ether oxygens (including phenoxy) is 5. The highest BCUT2D eigenvalue weighted by Gasteiger charge is 2.29. The fourth-order valence-electron chi connectivity index (χ4n) is 3.43. The molecule has 2 rings (SSSR count). The van der Waals surface area contributed by atoms with Crippen LogP contribution in [0.15, 0.2) is 42.5 Å². The number of amides is 1. The van der Waals surface area contributed by atoms with Gasteiger partial charge in [-0.3, -0.25) is 4.90 Å². The molecule has 0 bridgehead atoms. The predicted molar refractivity (Wildman–Crippen MR) is 122 cm³/mol. The minimum Gasteiger partial charge on any atom is -0.497 e. The number of nitrogens with zero attached hydrogens (tertiary/aromatic N) is 1. The maximum atomic E-state index is 12.3. The highest BCUT2D eigenvalue weighted by atomic mass is 16.7. The molecule has 2 aromatic carbocycles. The fraction of sp³-hybridized carbons (Fsp3) is 0.458. The zero-order valence-corrected chi connectivity index (χ0v) is 19.5. The van der Waals surface area contributed by atoms with Crippen molar-refractivity contribution in [3.63, 3.8) is 0 Å². The lowest BCUT2D eigenvalue weighted by atomic mass is 9.96.